The minimum absolute atomic E-state index is 0.0694. The van der Waals surface area contributed by atoms with Crippen LogP contribution >= 0.6 is 0 Å². The summed E-state index contributed by atoms with van der Waals surface area (Å²) < 4.78 is 29.5. The summed E-state index contributed by atoms with van der Waals surface area (Å²) in [7, 11) is -0.214. The Morgan fingerprint density at radius 2 is 1.86 bits per heavy atom. The van der Waals surface area contributed by atoms with Gasteiger partial charge >= 0.3 is 6.09 Å². The molecule has 3 aromatic rings. The van der Waals surface area contributed by atoms with E-state index in [1.54, 1.807) is 36.0 Å². The Hall–Kier alpha value is -3.53. The van der Waals surface area contributed by atoms with Crippen LogP contribution in [0.2, 0.25) is 18.1 Å². The maximum absolute atomic E-state index is 15.5. The van der Waals surface area contributed by atoms with E-state index in [9.17, 15) is 9.90 Å². The second kappa shape index (κ2) is 10.1. The first-order valence-corrected chi connectivity index (χ1v) is 15.3. The third-order valence-corrected chi connectivity index (χ3v) is 11.7. The van der Waals surface area contributed by atoms with Crippen molar-refractivity contribution >= 4 is 25.8 Å². The van der Waals surface area contributed by atoms with Crippen LogP contribution < -0.4 is 14.3 Å². The number of ether oxygens (including phenoxy) is 1. The Bertz CT molecular complexity index is 1270. The molecule has 1 aliphatic rings. The molecule has 0 fully saturated rings. The topological polar surface area (TPSA) is 80.1 Å². The SMILES string of the molecule is Cn1ncc(N(F)c2ccc(O[Si](C)(C)C(C)(C)C)cc2)c1CCOc1cccc2c1CN(C(=O)O)C2. The lowest BCUT2D eigenvalue weighted by atomic mass is 10.1. The van der Waals surface area contributed by atoms with Crippen molar-refractivity contribution in [3.8, 4) is 11.5 Å². The van der Waals surface area contributed by atoms with Crippen molar-refractivity contribution in [2.75, 3.05) is 11.7 Å². The van der Waals surface area contributed by atoms with Crippen LogP contribution in [0.25, 0.3) is 0 Å². The fourth-order valence-corrected chi connectivity index (χ4v) is 5.09. The van der Waals surface area contributed by atoms with E-state index in [1.807, 2.05) is 18.2 Å². The molecule has 0 bridgehead atoms. The minimum Gasteiger partial charge on any atom is -0.544 e. The molecule has 2 aromatic carbocycles. The minimum atomic E-state index is -1.99. The molecule has 10 heteroatoms. The molecule has 0 unspecified atom stereocenters. The van der Waals surface area contributed by atoms with Gasteiger partial charge in [-0.3, -0.25) is 9.58 Å². The van der Waals surface area contributed by atoms with E-state index in [1.165, 1.54) is 11.1 Å². The van der Waals surface area contributed by atoms with E-state index < -0.39 is 14.4 Å². The molecule has 1 N–H and O–H groups in total. The van der Waals surface area contributed by atoms with Gasteiger partial charge in [0.05, 0.1) is 30.7 Å². The van der Waals surface area contributed by atoms with Crippen molar-refractivity contribution in [1.29, 1.82) is 0 Å². The van der Waals surface area contributed by atoms with Gasteiger partial charge in [-0.25, -0.2) is 4.79 Å². The van der Waals surface area contributed by atoms with Crippen LogP contribution in [0, 0.1) is 0 Å². The third kappa shape index (κ3) is 5.58. The number of hydrogen-bond acceptors (Lipinski definition) is 5. The molecular weight excluding hydrogens is 491 g/mol. The Morgan fingerprint density at radius 1 is 1.16 bits per heavy atom. The van der Waals surface area contributed by atoms with E-state index in [-0.39, 0.29) is 5.04 Å². The van der Waals surface area contributed by atoms with Crippen LogP contribution in [0.1, 0.15) is 37.6 Å². The molecule has 1 amide bonds. The first-order chi connectivity index (χ1) is 17.4. The monoisotopic (exact) mass is 526 g/mol. The predicted molar refractivity (Wildman–Crippen MR) is 144 cm³/mol. The van der Waals surface area contributed by atoms with Gasteiger partial charge < -0.3 is 14.3 Å². The van der Waals surface area contributed by atoms with E-state index >= 15 is 4.48 Å². The maximum Gasteiger partial charge on any atom is 0.407 e. The van der Waals surface area contributed by atoms with Crippen LogP contribution in [0.5, 0.6) is 11.5 Å². The Morgan fingerprint density at radius 3 is 2.51 bits per heavy atom. The Labute approximate surface area is 218 Å². The van der Waals surface area contributed by atoms with Crippen LogP contribution in [0.3, 0.4) is 0 Å². The van der Waals surface area contributed by atoms with Gasteiger partial charge in [0.1, 0.15) is 17.2 Å². The highest BCUT2D eigenvalue weighted by Crippen LogP contribution is 2.38. The second-order valence-electron chi connectivity index (χ2n) is 10.9. The highest BCUT2D eigenvalue weighted by molar-refractivity contribution is 6.74. The van der Waals surface area contributed by atoms with Gasteiger partial charge in [-0.05, 0) is 54.0 Å². The number of aryl methyl sites for hydroxylation is 1. The summed E-state index contributed by atoms with van der Waals surface area (Å²) in [6.07, 6.45) is 0.968. The lowest BCUT2D eigenvalue weighted by Crippen LogP contribution is -2.43. The van der Waals surface area contributed by atoms with Crippen molar-refractivity contribution in [3.05, 3.63) is 65.5 Å². The van der Waals surface area contributed by atoms with Gasteiger partial charge in [0.2, 0.25) is 8.32 Å². The fourth-order valence-electron chi connectivity index (χ4n) is 4.06. The van der Waals surface area contributed by atoms with Crippen molar-refractivity contribution in [1.82, 2.24) is 14.7 Å². The molecule has 0 spiro atoms. The number of anilines is 2. The molecule has 0 radical (unpaired) electrons. The number of aromatic nitrogens is 2. The molecule has 0 atom stereocenters. The van der Waals surface area contributed by atoms with E-state index in [4.69, 9.17) is 9.16 Å². The number of hydrogen-bond donors (Lipinski definition) is 1. The van der Waals surface area contributed by atoms with E-state index in [2.05, 4.69) is 39.0 Å². The van der Waals surface area contributed by atoms with Crippen LogP contribution in [-0.4, -0.2) is 40.8 Å². The molecule has 198 valence electrons. The first kappa shape index (κ1) is 26.5. The zero-order valence-electron chi connectivity index (χ0n) is 22.3. The third-order valence-electron chi connectivity index (χ3n) is 7.30. The molecule has 8 nitrogen and oxygen atoms in total. The van der Waals surface area contributed by atoms with Gasteiger partial charge in [0, 0.05) is 25.6 Å². The normalized spacial score (nSPS) is 13.4. The average Bonchev–Trinajstić information content (AvgIpc) is 3.43. The summed E-state index contributed by atoms with van der Waals surface area (Å²) in [5.41, 5.74) is 3.23. The number of carbonyl (C=O) groups is 1. The molecule has 0 aliphatic carbocycles. The maximum atomic E-state index is 15.5. The molecule has 1 aliphatic heterocycles. The summed E-state index contributed by atoms with van der Waals surface area (Å²) in [4.78, 5) is 12.7. The van der Waals surface area contributed by atoms with Gasteiger partial charge in [-0.1, -0.05) is 37.4 Å². The fraction of sp³-hybridized carbons (Fsp3) is 0.407. The number of halogens is 1. The lowest BCUT2D eigenvalue weighted by molar-refractivity contribution is 0.145. The summed E-state index contributed by atoms with van der Waals surface area (Å²) in [5.74, 6) is 1.39. The zero-order chi connectivity index (χ0) is 27.0. The molecular formula is C27H35FN4O4Si. The first-order valence-electron chi connectivity index (χ1n) is 12.3. The summed E-state index contributed by atoms with van der Waals surface area (Å²) in [5, 5.41) is 14.3. The Kier molecular flexibility index (Phi) is 7.23. The van der Waals surface area contributed by atoms with Crippen molar-refractivity contribution in [2.45, 2.75) is 58.4 Å². The van der Waals surface area contributed by atoms with Crippen LogP contribution in [0.4, 0.5) is 20.7 Å². The summed E-state index contributed by atoms with van der Waals surface area (Å²) in [6.45, 7) is 11.8. The number of amides is 1. The molecule has 0 saturated carbocycles. The van der Waals surface area contributed by atoms with Crippen molar-refractivity contribution in [3.63, 3.8) is 0 Å². The standard InChI is InChI=1S/C27H35FN4O4Si/c1-27(2,3)37(5,6)36-21-12-10-20(11-13-21)32(28)24-16-29-30(4)23(24)14-15-35-25-9-7-8-19-17-31(26(33)34)18-22(19)25/h7-13,16H,14-15,17-18H2,1-6H3,(H,33,34). The van der Waals surface area contributed by atoms with Crippen molar-refractivity contribution < 1.29 is 23.5 Å². The zero-order valence-corrected chi connectivity index (χ0v) is 23.3. The highest BCUT2D eigenvalue weighted by atomic mass is 28.4. The predicted octanol–water partition coefficient (Wildman–Crippen LogP) is 6.44. The quantitative estimate of drug-likeness (QED) is 0.269. The molecule has 0 saturated heterocycles. The van der Waals surface area contributed by atoms with Crippen LogP contribution in [0.15, 0.2) is 48.7 Å². The van der Waals surface area contributed by atoms with E-state index in [0.717, 1.165) is 16.9 Å². The number of fused-ring (bicyclic) bond motifs is 1. The lowest BCUT2D eigenvalue weighted by Gasteiger charge is -2.36. The molecule has 4 rings (SSSR count). The van der Waals surface area contributed by atoms with Crippen LogP contribution in [-0.2, 0) is 26.6 Å². The number of rotatable bonds is 8. The van der Waals surface area contributed by atoms with Gasteiger partial charge in [-0.15, -0.1) is 0 Å². The smallest absolute Gasteiger partial charge is 0.407 e. The largest absolute Gasteiger partial charge is 0.544 e. The molecule has 1 aromatic heterocycles. The second-order valence-corrected chi connectivity index (χ2v) is 15.6. The molecule has 2 heterocycles. The molecule has 37 heavy (non-hydrogen) atoms. The van der Waals surface area contributed by atoms with Gasteiger partial charge in [0.25, 0.3) is 0 Å². The van der Waals surface area contributed by atoms with E-state index in [0.29, 0.717) is 54.1 Å². The number of benzene rings is 2. The summed E-state index contributed by atoms with van der Waals surface area (Å²) in [6, 6.07) is 12.6. The van der Waals surface area contributed by atoms with Gasteiger partial charge in [-0.2, -0.15) is 10.2 Å². The van der Waals surface area contributed by atoms with Gasteiger partial charge in [0.15, 0.2) is 0 Å². The number of carboxylic acid groups (broad SMARTS) is 1. The summed E-state index contributed by atoms with van der Waals surface area (Å²) >= 11 is 0. The number of nitrogens with zero attached hydrogens (tertiary/aromatic N) is 4. The highest BCUT2D eigenvalue weighted by Gasteiger charge is 2.39. The Balaban J connectivity index is 1.43. The average molecular weight is 527 g/mol. The van der Waals surface area contributed by atoms with Crippen molar-refractivity contribution in [2.24, 2.45) is 7.05 Å².